The first-order chi connectivity index (χ1) is 18.4. The first-order valence-corrected chi connectivity index (χ1v) is 13.6. The zero-order valence-electron chi connectivity index (χ0n) is 21.0. The lowest BCUT2D eigenvalue weighted by atomic mass is 10.1. The van der Waals surface area contributed by atoms with Gasteiger partial charge in [0.2, 0.25) is 0 Å². The SMILES string of the molecule is CC[C@@H](C)N1C(=O)/C(=C/c2cn(-c3ccccc3)nc2-c2ccc(OCc3ccccc3F)cc2)SC1=S. The third-order valence-electron chi connectivity index (χ3n) is 6.38. The summed E-state index contributed by atoms with van der Waals surface area (Å²) in [6.07, 6.45) is 4.61. The summed E-state index contributed by atoms with van der Waals surface area (Å²) < 4.78 is 22.1. The summed E-state index contributed by atoms with van der Waals surface area (Å²) in [6, 6.07) is 23.9. The number of thioether (sulfide) groups is 1. The van der Waals surface area contributed by atoms with Gasteiger partial charge in [0.05, 0.1) is 16.3 Å². The Labute approximate surface area is 230 Å². The molecule has 0 saturated carbocycles. The molecule has 0 N–H and O–H groups in total. The molecule has 5 rings (SSSR count). The first kappa shape index (κ1) is 25.9. The van der Waals surface area contributed by atoms with Gasteiger partial charge in [-0.15, -0.1) is 0 Å². The van der Waals surface area contributed by atoms with Crippen LogP contribution in [0.2, 0.25) is 0 Å². The molecule has 3 aromatic carbocycles. The van der Waals surface area contributed by atoms with Gasteiger partial charge in [-0.3, -0.25) is 9.69 Å². The maximum Gasteiger partial charge on any atom is 0.266 e. The molecule has 192 valence electrons. The summed E-state index contributed by atoms with van der Waals surface area (Å²) in [5.41, 5.74) is 3.80. The predicted octanol–water partition coefficient (Wildman–Crippen LogP) is 7.26. The summed E-state index contributed by atoms with van der Waals surface area (Å²) in [5, 5.41) is 4.86. The Morgan fingerprint density at radius 3 is 2.47 bits per heavy atom. The van der Waals surface area contributed by atoms with E-state index in [4.69, 9.17) is 22.1 Å². The van der Waals surface area contributed by atoms with Crippen LogP contribution in [0.4, 0.5) is 4.39 Å². The summed E-state index contributed by atoms with van der Waals surface area (Å²) in [7, 11) is 0. The van der Waals surface area contributed by atoms with Gasteiger partial charge >= 0.3 is 0 Å². The molecule has 1 aliphatic rings. The van der Waals surface area contributed by atoms with Crippen molar-refractivity contribution in [2.75, 3.05) is 0 Å². The van der Waals surface area contributed by atoms with Crippen molar-refractivity contribution in [1.82, 2.24) is 14.7 Å². The normalized spacial score (nSPS) is 15.3. The Hall–Kier alpha value is -3.75. The smallest absolute Gasteiger partial charge is 0.266 e. The Bertz CT molecular complexity index is 1500. The number of carbonyl (C=O) groups excluding carboxylic acids is 1. The number of rotatable bonds is 8. The highest BCUT2D eigenvalue weighted by Crippen LogP contribution is 2.36. The quantitative estimate of drug-likeness (QED) is 0.173. The van der Waals surface area contributed by atoms with Crippen LogP contribution < -0.4 is 4.74 Å². The highest BCUT2D eigenvalue weighted by atomic mass is 32.2. The van der Waals surface area contributed by atoms with E-state index in [2.05, 4.69) is 0 Å². The van der Waals surface area contributed by atoms with E-state index >= 15 is 0 Å². The number of halogens is 1. The van der Waals surface area contributed by atoms with E-state index in [-0.39, 0.29) is 24.4 Å². The molecule has 0 unspecified atom stereocenters. The van der Waals surface area contributed by atoms with Gasteiger partial charge in [0.15, 0.2) is 0 Å². The number of aromatic nitrogens is 2. The highest BCUT2D eigenvalue weighted by Gasteiger charge is 2.35. The number of hydrogen-bond donors (Lipinski definition) is 0. The summed E-state index contributed by atoms with van der Waals surface area (Å²) in [5.74, 6) is 0.249. The Morgan fingerprint density at radius 1 is 1.05 bits per heavy atom. The van der Waals surface area contributed by atoms with Crippen molar-refractivity contribution < 1.29 is 13.9 Å². The standard InChI is InChI=1S/C30H26FN3O2S2/c1-3-20(2)34-29(35)27(38-30(34)37)17-23-18-33(24-10-5-4-6-11-24)32-28(23)21-13-15-25(16-14-21)36-19-22-9-7-8-12-26(22)31/h4-18,20H,3,19H2,1-2H3/b27-17-/t20-/m1/s1. The number of ether oxygens (including phenoxy) is 1. The van der Waals surface area contributed by atoms with Crippen molar-refractivity contribution in [3.63, 3.8) is 0 Å². The molecular weight excluding hydrogens is 517 g/mol. The molecule has 1 amide bonds. The first-order valence-electron chi connectivity index (χ1n) is 12.3. The third kappa shape index (κ3) is 5.42. The zero-order chi connectivity index (χ0) is 26.6. The van der Waals surface area contributed by atoms with Gasteiger partial charge in [-0.2, -0.15) is 5.10 Å². The predicted molar refractivity (Wildman–Crippen MR) is 154 cm³/mol. The van der Waals surface area contributed by atoms with Crippen molar-refractivity contribution in [2.45, 2.75) is 32.9 Å². The fourth-order valence-corrected chi connectivity index (χ4v) is 5.55. The van der Waals surface area contributed by atoms with E-state index in [0.29, 0.717) is 20.5 Å². The second kappa shape index (κ2) is 11.3. The lowest BCUT2D eigenvalue weighted by molar-refractivity contribution is -0.123. The van der Waals surface area contributed by atoms with Crippen LogP contribution in [-0.2, 0) is 11.4 Å². The lowest BCUT2D eigenvalue weighted by Gasteiger charge is -2.21. The second-order valence-corrected chi connectivity index (χ2v) is 10.6. The fourth-order valence-electron chi connectivity index (χ4n) is 4.10. The number of para-hydroxylation sites is 1. The fraction of sp³-hybridized carbons (Fsp3) is 0.167. The molecular formula is C30H26FN3O2S2. The molecule has 1 aromatic heterocycles. The highest BCUT2D eigenvalue weighted by molar-refractivity contribution is 8.26. The lowest BCUT2D eigenvalue weighted by Crippen LogP contribution is -2.36. The largest absolute Gasteiger partial charge is 0.489 e. The summed E-state index contributed by atoms with van der Waals surface area (Å²) in [6.45, 7) is 4.18. The summed E-state index contributed by atoms with van der Waals surface area (Å²) in [4.78, 5) is 15.4. The molecule has 1 saturated heterocycles. The molecule has 38 heavy (non-hydrogen) atoms. The zero-order valence-corrected chi connectivity index (χ0v) is 22.6. The number of nitrogens with zero attached hydrogens (tertiary/aromatic N) is 3. The van der Waals surface area contributed by atoms with Crippen LogP contribution in [0.5, 0.6) is 5.75 Å². The molecule has 4 aromatic rings. The van der Waals surface area contributed by atoms with E-state index in [1.165, 1.54) is 17.8 Å². The number of hydrogen-bond acceptors (Lipinski definition) is 5. The van der Waals surface area contributed by atoms with Crippen LogP contribution in [-0.4, -0.2) is 30.9 Å². The van der Waals surface area contributed by atoms with Gasteiger partial charge in [-0.1, -0.05) is 67.3 Å². The molecule has 1 aliphatic heterocycles. The second-order valence-electron chi connectivity index (χ2n) is 8.93. The third-order valence-corrected chi connectivity index (χ3v) is 7.72. The number of amides is 1. The molecule has 8 heteroatoms. The maximum atomic E-state index is 13.9. The Balaban J connectivity index is 1.46. The Kier molecular flexibility index (Phi) is 7.72. The van der Waals surface area contributed by atoms with E-state index in [1.54, 1.807) is 27.8 Å². The van der Waals surface area contributed by atoms with E-state index in [1.807, 2.05) is 80.7 Å². The molecule has 1 fully saturated rings. The van der Waals surface area contributed by atoms with Crippen molar-refractivity contribution in [3.8, 4) is 22.7 Å². The van der Waals surface area contributed by atoms with Crippen LogP contribution in [0, 0.1) is 5.82 Å². The molecule has 0 aliphatic carbocycles. The van der Waals surface area contributed by atoms with Gasteiger partial charge in [0.1, 0.15) is 22.5 Å². The molecule has 5 nitrogen and oxygen atoms in total. The van der Waals surface area contributed by atoms with Gasteiger partial charge < -0.3 is 4.74 Å². The Morgan fingerprint density at radius 2 is 1.76 bits per heavy atom. The maximum absolute atomic E-state index is 13.9. The molecule has 2 heterocycles. The van der Waals surface area contributed by atoms with Crippen LogP contribution in [0.25, 0.3) is 23.0 Å². The van der Waals surface area contributed by atoms with Crippen LogP contribution in [0.3, 0.4) is 0 Å². The molecule has 0 spiro atoms. The molecule has 1 atom stereocenters. The minimum absolute atomic E-state index is 0.0387. The van der Waals surface area contributed by atoms with Crippen molar-refractivity contribution in [3.05, 3.63) is 107 Å². The van der Waals surface area contributed by atoms with E-state index < -0.39 is 0 Å². The minimum atomic E-state index is -0.293. The van der Waals surface area contributed by atoms with Crippen LogP contribution in [0.1, 0.15) is 31.4 Å². The molecule has 0 bridgehead atoms. The average Bonchev–Trinajstić information content (AvgIpc) is 3.48. The van der Waals surface area contributed by atoms with Gasteiger partial charge in [0, 0.05) is 28.9 Å². The van der Waals surface area contributed by atoms with Crippen molar-refractivity contribution >= 4 is 40.3 Å². The van der Waals surface area contributed by atoms with Crippen molar-refractivity contribution in [1.29, 1.82) is 0 Å². The average molecular weight is 544 g/mol. The van der Waals surface area contributed by atoms with Crippen LogP contribution >= 0.6 is 24.0 Å². The van der Waals surface area contributed by atoms with Gasteiger partial charge in [-0.25, -0.2) is 9.07 Å². The van der Waals surface area contributed by atoms with Crippen molar-refractivity contribution in [2.24, 2.45) is 0 Å². The monoisotopic (exact) mass is 543 g/mol. The van der Waals surface area contributed by atoms with E-state index in [9.17, 15) is 9.18 Å². The topological polar surface area (TPSA) is 47.4 Å². The number of thiocarbonyl (C=S) groups is 1. The number of benzene rings is 3. The minimum Gasteiger partial charge on any atom is -0.489 e. The van der Waals surface area contributed by atoms with Gasteiger partial charge in [0.25, 0.3) is 5.91 Å². The number of carbonyl (C=O) groups is 1. The summed E-state index contributed by atoms with van der Waals surface area (Å²) >= 11 is 6.83. The molecule has 0 radical (unpaired) electrons. The van der Waals surface area contributed by atoms with E-state index in [0.717, 1.165) is 28.9 Å². The van der Waals surface area contributed by atoms with Gasteiger partial charge in [-0.05, 0) is 61.9 Å². The van der Waals surface area contributed by atoms with Crippen LogP contribution in [0.15, 0.2) is 90.0 Å².